The lowest BCUT2D eigenvalue weighted by molar-refractivity contribution is 0.188. The van der Waals surface area contributed by atoms with Crippen LogP contribution in [0.3, 0.4) is 0 Å². The fourth-order valence-corrected chi connectivity index (χ4v) is 3.97. The van der Waals surface area contributed by atoms with Gasteiger partial charge in [-0.05, 0) is 67.5 Å². The fraction of sp³-hybridized carbons (Fsp3) is 0.381. The van der Waals surface area contributed by atoms with Crippen LogP contribution in [0.1, 0.15) is 37.3 Å². The molecular formula is C21H23ClN2O2. The van der Waals surface area contributed by atoms with Crippen LogP contribution in [0.5, 0.6) is 5.75 Å². The predicted molar refractivity (Wildman–Crippen MR) is 106 cm³/mol. The van der Waals surface area contributed by atoms with Gasteiger partial charge in [0.05, 0.1) is 12.2 Å². The van der Waals surface area contributed by atoms with E-state index in [2.05, 4.69) is 18.3 Å². The topological polar surface area (TPSA) is 41.6 Å². The summed E-state index contributed by atoms with van der Waals surface area (Å²) in [6.45, 7) is 2.58. The van der Waals surface area contributed by atoms with Gasteiger partial charge < -0.3 is 10.1 Å². The zero-order valence-corrected chi connectivity index (χ0v) is 15.7. The number of fused-ring (bicyclic) bond motifs is 2. The quantitative estimate of drug-likeness (QED) is 0.765. The van der Waals surface area contributed by atoms with E-state index >= 15 is 0 Å². The Balaban J connectivity index is 1.63. The lowest BCUT2D eigenvalue weighted by Crippen LogP contribution is -2.45. The number of rotatable bonds is 2. The molecule has 1 aliphatic heterocycles. The third-order valence-electron chi connectivity index (χ3n) is 5.23. The van der Waals surface area contributed by atoms with Crippen LogP contribution in [0, 0.1) is 0 Å². The molecule has 1 N–H and O–H groups in total. The van der Waals surface area contributed by atoms with E-state index < -0.39 is 0 Å². The van der Waals surface area contributed by atoms with Gasteiger partial charge in [-0.1, -0.05) is 30.7 Å². The third kappa shape index (κ3) is 3.26. The van der Waals surface area contributed by atoms with Crippen molar-refractivity contribution < 1.29 is 9.53 Å². The minimum Gasteiger partial charge on any atom is -0.486 e. The Kier molecular flexibility index (Phi) is 4.77. The van der Waals surface area contributed by atoms with Gasteiger partial charge in [0, 0.05) is 10.7 Å². The number of ether oxygens (including phenoxy) is 1. The molecule has 1 aliphatic carbocycles. The van der Waals surface area contributed by atoms with Crippen LogP contribution in [0.15, 0.2) is 36.4 Å². The molecule has 0 spiro atoms. The van der Waals surface area contributed by atoms with Crippen molar-refractivity contribution in [3.8, 4) is 5.75 Å². The average molecular weight is 371 g/mol. The van der Waals surface area contributed by atoms with E-state index in [1.807, 2.05) is 18.2 Å². The lowest BCUT2D eigenvalue weighted by Gasteiger charge is -2.35. The predicted octanol–water partition coefficient (Wildman–Crippen LogP) is 5.43. The van der Waals surface area contributed by atoms with Crippen LogP contribution in [-0.2, 0) is 12.8 Å². The Bertz CT molecular complexity index is 837. The Labute approximate surface area is 159 Å². The smallest absolute Gasteiger partial charge is 0.326 e. The molecule has 0 saturated carbocycles. The zero-order chi connectivity index (χ0) is 18.1. The van der Waals surface area contributed by atoms with Gasteiger partial charge >= 0.3 is 6.03 Å². The highest BCUT2D eigenvalue weighted by Crippen LogP contribution is 2.37. The number of carbonyl (C=O) groups is 1. The Hall–Kier alpha value is -2.20. The number of nitrogens with one attached hydrogen (secondary N) is 1. The highest BCUT2D eigenvalue weighted by molar-refractivity contribution is 6.31. The third-order valence-corrected chi connectivity index (χ3v) is 5.46. The van der Waals surface area contributed by atoms with Crippen LogP contribution in [-0.4, -0.2) is 18.7 Å². The van der Waals surface area contributed by atoms with Gasteiger partial charge in [0.25, 0.3) is 0 Å². The molecule has 1 atom stereocenters. The highest BCUT2D eigenvalue weighted by Gasteiger charge is 2.30. The van der Waals surface area contributed by atoms with Crippen molar-refractivity contribution in [1.29, 1.82) is 0 Å². The summed E-state index contributed by atoms with van der Waals surface area (Å²) in [6.07, 6.45) is 5.33. The normalized spacial score (nSPS) is 18.5. The number of anilines is 2. The Morgan fingerprint density at radius 1 is 1.27 bits per heavy atom. The first kappa shape index (κ1) is 17.2. The number of halogens is 1. The van der Waals surface area contributed by atoms with Gasteiger partial charge in [-0.2, -0.15) is 0 Å². The van der Waals surface area contributed by atoms with Gasteiger partial charge in [-0.3, -0.25) is 4.90 Å². The molecule has 1 heterocycles. The summed E-state index contributed by atoms with van der Waals surface area (Å²) in [4.78, 5) is 14.9. The molecule has 2 aromatic carbocycles. The van der Waals surface area contributed by atoms with E-state index in [1.165, 1.54) is 24.0 Å². The molecule has 5 heteroatoms. The van der Waals surface area contributed by atoms with E-state index in [9.17, 15) is 4.79 Å². The number of aryl methyl sites for hydroxylation is 1. The summed E-state index contributed by atoms with van der Waals surface area (Å²) < 4.78 is 5.98. The summed E-state index contributed by atoms with van der Waals surface area (Å²) in [7, 11) is 0. The van der Waals surface area contributed by atoms with Crippen LogP contribution >= 0.6 is 11.6 Å². The largest absolute Gasteiger partial charge is 0.486 e. The summed E-state index contributed by atoms with van der Waals surface area (Å²) in [6, 6.07) is 11.5. The molecule has 2 aliphatic rings. The van der Waals surface area contributed by atoms with Crippen LogP contribution in [0.2, 0.25) is 5.02 Å². The molecule has 0 aromatic heterocycles. The zero-order valence-electron chi connectivity index (χ0n) is 14.9. The molecule has 2 aromatic rings. The number of benzene rings is 2. The monoisotopic (exact) mass is 370 g/mol. The van der Waals surface area contributed by atoms with Crippen molar-refractivity contribution in [2.75, 3.05) is 16.8 Å². The van der Waals surface area contributed by atoms with Crippen molar-refractivity contribution in [2.45, 2.75) is 45.1 Å². The van der Waals surface area contributed by atoms with Gasteiger partial charge in [-0.25, -0.2) is 4.79 Å². The maximum absolute atomic E-state index is 13.1. The first-order chi connectivity index (χ1) is 12.7. The van der Waals surface area contributed by atoms with Crippen molar-refractivity contribution in [3.63, 3.8) is 0 Å². The Morgan fingerprint density at radius 3 is 2.96 bits per heavy atom. The molecule has 2 amide bonds. The summed E-state index contributed by atoms with van der Waals surface area (Å²) in [5.74, 6) is 0.706. The van der Waals surface area contributed by atoms with Gasteiger partial charge in [0.15, 0.2) is 0 Å². The number of urea groups is 1. The van der Waals surface area contributed by atoms with Crippen LogP contribution in [0.4, 0.5) is 16.2 Å². The second kappa shape index (κ2) is 7.20. The van der Waals surface area contributed by atoms with E-state index in [0.717, 1.165) is 30.6 Å². The molecule has 0 saturated heterocycles. The number of hydrogen-bond acceptors (Lipinski definition) is 2. The molecule has 0 radical (unpaired) electrons. The van der Waals surface area contributed by atoms with E-state index in [1.54, 1.807) is 17.0 Å². The van der Waals surface area contributed by atoms with E-state index in [0.29, 0.717) is 17.3 Å². The van der Waals surface area contributed by atoms with Gasteiger partial charge in [-0.15, -0.1) is 0 Å². The number of hydrogen-bond donors (Lipinski definition) is 1. The second-order valence-corrected chi connectivity index (χ2v) is 7.39. The van der Waals surface area contributed by atoms with Crippen LogP contribution < -0.4 is 15.0 Å². The SMILES string of the molecule is CC[C@@H]1CN(C(=O)Nc2cccc3c2CCCC3)c2cc(Cl)ccc2O1. The molecule has 4 rings (SSSR count). The summed E-state index contributed by atoms with van der Waals surface area (Å²) in [5.41, 5.74) is 4.28. The molecule has 136 valence electrons. The Morgan fingerprint density at radius 2 is 2.12 bits per heavy atom. The minimum atomic E-state index is -0.130. The van der Waals surface area contributed by atoms with E-state index in [4.69, 9.17) is 16.3 Å². The molecule has 0 fully saturated rings. The van der Waals surface area contributed by atoms with Crippen LogP contribution in [0.25, 0.3) is 0 Å². The number of amides is 2. The molecule has 0 bridgehead atoms. The maximum Gasteiger partial charge on any atom is 0.326 e. The molecular weight excluding hydrogens is 348 g/mol. The van der Waals surface area contributed by atoms with Crippen molar-refractivity contribution in [2.24, 2.45) is 0 Å². The molecule has 0 unspecified atom stereocenters. The fourth-order valence-electron chi connectivity index (χ4n) is 3.81. The summed E-state index contributed by atoms with van der Waals surface area (Å²) >= 11 is 6.16. The van der Waals surface area contributed by atoms with Crippen molar-refractivity contribution >= 4 is 29.0 Å². The minimum absolute atomic E-state index is 0.0147. The lowest BCUT2D eigenvalue weighted by atomic mass is 9.90. The van der Waals surface area contributed by atoms with E-state index in [-0.39, 0.29) is 12.1 Å². The molecule has 4 nitrogen and oxygen atoms in total. The average Bonchev–Trinajstić information content (AvgIpc) is 2.67. The van der Waals surface area contributed by atoms with Gasteiger partial charge in [0.2, 0.25) is 0 Å². The first-order valence-corrected chi connectivity index (χ1v) is 9.69. The van der Waals surface area contributed by atoms with Crippen molar-refractivity contribution in [1.82, 2.24) is 0 Å². The second-order valence-electron chi connectivity index (χ2n) is 6.95. The summed E-state index contributed by atoms with van der Waals surface area (Å²) in [5, 5.41) is 3.73. The number of carbonyl (C=O) groups excluding carboxylic acids is 1. The number of nitrogens with zero attached hydrogens (tertiary/aromatic N) is 1. The van der Waals surface area contributed by atoms with Crippen molar-refractivity contribution in [3.05, 3.63) is 52.5 Å². The standard InChI is InChI=1S/C21H23ClN2O2/c1-2-16-13-24(19-12-15(22)10-11-20(19)26-16)21(25)23-18-9-5-7-14-6-3-4-8-17(14)18/h5,7,9-12,16H,2-4,6,8,13H2,1H3,(H,23,25)/t16-/m1/s1. The maximum atomic E-state index is 13.1. The molecule has 26 heavy (non-hydrogen) atoms. The van der Waals surface area contributed by atoms with Gasteiger partial charge in [0.1, 0.15) is 11.9 Å². The highest BCUT2D eigenvalue weighted by atomic mass is 35.5. The first-order valence-electron chi connectivity index (χ1n) is 9.31.